The van der Waals surface area contributed by atoms with Crippen molar-refractivity contribution in [3.05, 3.63) is 23.4 Å². The van der Waals surface area contributed by atoms with Gasteiger partial charge in [-0.2, -0.15) is 0 Å². The van der Waals surface area contributed by atoms with Crippen molar-refractivity contribution in [1.82, 2.24) is 9.88 Å². The van der Waals surface area contributed by atoms with E-state index in [0.29, 0.717) is 17.3 Å². The number of hydrogen-bond donors (Lipinski definition) is 1. The van der Waals surface area contributed by atoms with Crippen LogP contribution < -0.4 is 5.32 Å². The molecule has 0 amide bonds. The van der Waals surface area contributed by atoms with Crippen molar-refractivity contribution < 1.29 is 9.53 Å². The summed E-state index contributed by atoms with van der Waals surface area (Å²) in [7, 11) is 3.51. The summed E-state index contributed by atoms with van der Waals surface area (Å²) < 4.78 is 4.71. The fraction of sp³-hybridized carbons (Fsp3) is 0.571. The number of aromatic nitrogens is 1. The average Bonchev–Trinajstić information content (AvgIpc) is 2.38. The maximum atomic E-state index is 11.5. The fourth-order valence-electron chi connectivity index (χ4n) is 2.46. The summed E-state index contributed by atoms with van der Waals surface area (Å²) in [5, 5.41) is 3.43. The molecule has 0 saturated carbocycles. The van der Waals surface area contributed by atoms with Crippen LogP contribution in [0.1, 0.15) is 28.9 Å². The molecule has 1 aliphatic heterocycles. The van der Waals surface area contributed by atoms with Crippen LogP contribution in [-0.2, 0) is 4.74 Å². The largest absolute Gasteiger partial charge is 0.465 e. The summed E-state index contributed by atoms with van der Waals surface area (Å²) >= 11 is 0. The Hall–Kier alpha value is -1.62. The molecule has 0 aromatic carbocycles. The van der Waals surface area contributed by atoms with E-state index < -0.39 is 0 Å². The summed E-state index contributed by atoms with van der Waals surface area (Å²) in [4.78, 5) is 18.2. The number of pyridine rings is 1. The Morgan fingerprint density at radius 2 is 2.32 bits per heavy atom. The highest BCUT2D eigenvalue weighted by molar-refractivity contribution is 5.90. The fourth-order valence-corrected chi connectivity index (χ4v) is 2.46. The lowest BCUT2D eigenvalue weighted by atomic mass is 10.1. The smallest absolute Gasteiger partial charge is 0.339 e. The Bertz CT molecular complexity index is 462. The minimum Gasteiger partial charge on any atom is -0.465 e. The molecule has 5 heteroatoms. The van der Waals surface area contributed by atoms with E-state index >= 15 is 0 Å². The van der Waals surface area contributed by atoms with Crippen LogP contribution >= 0.6 is 0 Å². The minimum atomic E-state index is -0.339. The molecule has 0 aliphatic carbocycles. The molecule has 1 aromatic heterocycles. The zero-order valence-corrected chi connectivity index (χ0v) is 11.8. The molecule has 1 aliphatic rings. The first-order valence-corrected chi connectivity index (χ1v) is 6.61. The Balaban J connectivity index is 2.05. The minimum absolute atomic E-state index is 0.339. The Morgan fingerprint density at radius 1 is 1.53 bits per heavy atom. The van der Waals surface area contributed by atoms with Crippen LogP contribution in [0.5, 0.6) is 0 Å². The van der Waals surface area contributed by atoms with Gasteiger partial charge in [-0.05, 0) is 45.5 Å². The average molecular weight is 263 g/mol. The maximum absolute atomic E-state index is 11.5. The number of methoxy groups -OCH3 is 1. The molecule has 1 N–H and O–H groups in total. The third kappa shape index (κ3) is 3.44. The molecule has 0 spiro atoms. The van der Waals surface area contributed by atoms with Crippen molar-refractivity contribution in [3.63, 3.8) is 0 Å². The van der Waals surface area contributed by atoms with Crippen molar-refractivity contribution >= 4 is 11.8 Å². The van der Waals surface area contributed by atoms with Crippen LogP contribution in [-0.4, -0.2) is 49.1 Å². The van der Waals surface area contributed by atoms with Gasteiger partial charge < -0.3 is 15.0 Å². The first-order chi connectivity index (χ1) is 9.10. The molecule has 1 unspecified atom stereocenters. The van der Waals surface area contributed by atoms with Crippen molar-refractivity contribution in [1.29, 1.82) is 0 Å². The number of likely N-dealkylation sites (N-methyl/N-ethyl adjacent to an activating group) is 1. The van der Waals surface area contributed by atoms with Crippen LogP contribution in [0.4, 0.5) is 5.82 Å². The summed E-state index contributed by atoms with van der Waals surface area (Å²) in [6.45, 7) is 4.01. The number of anilines is 1. The van der Waals surface area contributed by atoms with Crippen LogP contribution in [0.2, 0.25) is 0 Å². The molecular weight excluding hydrogens is 242 g/mol. The van der Waals surface area contributed by atoms with Crippen LogP contribution in [0.25, 0.3) is 0 Å². The normalized spacial score (nSPS) is 20.1. The number of esters is 1. The van der Waals surface area contributed by atoms with Gasteiger partial charge in [0.15, 0.2) is 0 Å². The highest BCUT2D eigenvalue weighted by atomic mass is 16.5. The molecule has 5 nitrogen and oxygen atoms in total. The first-order valence-electron chi connectivity index (χ1n) is 6.61. The SMILES string of the molecule is COC(=O)c1ccc(NC2CCCN(C)C2)nc1C. The number of hydrogen-bond acceptors (Lipinski definition) is 5. The number of nitrogens with one attached hydrogen (secondary N) is 1. The van der Waals surface area contributed by atoms with Gasteiger partial charge in [0.1, 0.15) is 5.82 Å². The highest BCUT2D eigenvalue weighted by Crippen LogP contribution is 2.16. The van der Waals surface area contributed by atoms with E-state index in [0.717, 1.165) is 25.3 Å². The van der Waals surface area contributed by atoms with Gasteiger partial charge in [-0.3, -0.25) is 0 Å². The molecule has 1 atom stereocenters. The van der Waals surface area contributed by atoms with E-state index in [2.05, 4.69) is 22.2 Å². The standard InChI is InChI=1S/C14H21N3O2/c1-10-12(14(18)19-3)6-7-13(15-10)16-11-5-4-8-17(2)9-11/h6-7,11H,4-5,8-9H2,1-3H3,(H,15,16). The molecule has 1 aromatic rings. The van der Waals surface area contributed by atoms with Crippen molar-refractivity contribution in [3.8, 4) is 0 Å². The summed E-state index contributed by atoms with van der Waals surface area (Å²) in [5.41, 5.74) is 1.22. The second kappa shape index (κ2) is 6.02. The Morgan fingerprint density at radius 3 is 2.95 bits per heavy atom. The van der Waals surface area contributed by atoms with Crippen molar-refractivity contribution in [2.75, 3.05) is 32.6 Å². The van der Waals surface area contributed by atoms with Gasteiger partial charge in [0.25, 0.3) is 0 Å². The third-order valence-electron chi connectivity index (χ3n) is 3.47. The van der Waals surface area contributed by atoms with Gasteiger partial charge >= 0.3 is 5.97 Å². The zero-order chi connectivity index (χ0) is 13.8. The summed E-state index contributed by atoms with van der Waals surface area (Å²) in [5.74, 6) is 0.486. The van der Waals surface area contributed by atoms with Gasteiger partial charge in [0.05, 0.1) is 18.4 Å². The molecule has 0 radical (unpaired) electrons. The highest BCUT2D eigenvalue weighted by Gasteiger charge is 2.18. The predicted molar refractivity (Wildman–Crippen MR) is 74.5 cm³/mol. The van der Waals surface area contributed by atoms with E-state index in [1.54, 1.807) is 6.07 Å². The van der Waals surface area contributed by atoms with Gasteiger partial charge in [-0.25, -0.2) is 9.78 Å². The number of nitrogens with zero attached hydrogens (tertiary/aromatic N) is 2. The number of aryl methyl sites for hydroxylation is 1. The lowest BCUT2D eigenvalue weighted by Gasteiger charge is -2.30. The topological polar surface area (TPSA) is 54.5 Å². The van der Waals surface area contributed by atoms with Gasteiger partial charge in [-0.1, -0.05) is 0 Å². The van der Waals surface area contributed by atoms with E-state index in [1.807, 2.05) is 13.0 Å². The van der Waals surface area contributed by atoms with Gasteiger partial charge in [-0.15, -0.1) is 0 Å². The van der Waals surface area contributed by atoms with Crippen LogP contribution in [0.15, 0.2) is 12.1 Å². The second-order valence-electron chi connectivity index (χ2n) is 5.07. The Kier molecular flexibility index (Phi) is 4.37. The molecule has 1 saturated heterocycles. The second-order valence-corrected chi connectivity index (χ2v) is 5.07. The predicted octanol–water partition coefficient (Wildman–Crippen LogP) is 1.68. The van der Waals surface area contributed by atoms with Gasteiger partial charge in [0, 0.05) is 12.6 Å². The monoisotopic (exact) mass is 263 g/mol. The lowest BCUT2D eigenvalue weighted by Crippen LogP contribution is -2.39. The third-order valence-corrected chi connectivity index (χ3v) is 3.47. The zero-order valence-electron chi connectivity index (χ0n) is 11.8. The summed E-state index contributed by atoms with van der Waals surface area (Å²) in [6, 6.07) is 4.03. The molecule has 1 fully saturated rings. The number of piperidine rings is 1. The molecular formula is C14H21N3O2. The van der Waals surface area contributed by atoms with Gasteiger partial charge in [0.2, 0.25) is 0 Å². The molecule has 2 rings (SSSR count). The van der Waals surface area contributed by atoms with Crippen molar-refractivity contribution in [2.45, 2.75) is 25.8 Å². The van der Waals surface area contributed by atoms with E-state index in [4.69, 9.17) is 4.74 Å². The number of carbonyl (C=O) groups is 1. The number of carbonyl (C=O) groups excluding carboxylic acids is 1. The first kappa shape index (κ1) is 13.8. The number of likely N-dealkylation sites (tertiary alicyclic amines) is 1. The Labute approximate surface area is 114 Å². The van der Waals surface area contributed by atoms with E-state index in [1.165, 1.54) is 13.5 Å². The van der Waals surface area contributed by atoms with Crippen LogP contribution in [0.3, 0.4) is 0 Å². The van der Waals surface area contributed by atoms with Crippen molar-refractivity contribution in [2.24, 2.45) is 0 Å². The molecule has 19 heavy (non-hydrogen) atoms. The number of ether oxygens (including phenoxy) is 1. The summed E-state index contributed by atoms with van der Waals surface area (Å²) in [6.07, 6.45) is 2.36. The number of rotatable bonds is 3. The molecule has 2 heterocycles. The lowest BCUT2D eigenvalue weighted by molar-refractivity contribution is 0.0599. The van der Waals surface area contributed by atoms with Crippen LogP contribution in [0, 0.1) is 6.92 Å². The molecule has 0 bridgehead atoms. The maximum Gasteiger partial charge on any atom is 0.339 e. The molecule has 104 valence electrons. The van der Waals surface area contributed by atoms with E-state index in [-0.39, 0.29) is 5.97 Å². The van der Waals surface area contributed by atoms with E-state index in [9.17, 15) is 4.79 Å². The quantitative estimate of drug-likeness (QED) is 0.841.